The molecule has 0 aromatic heterocycles. The first-order valence-corrected chi connectivity index (χ1v) is 17.3. The molecule has 244 valence electrons. The summed E-state index contributed by atoms with van der Waals surface area (Å²) in [6.07, 6.45) is 15.2. The molecule has 0 amide bonds. The Hall–Kier alpha value is -2.51. The molecule has 2 rings (SSSR count). The summed E-state index contributed by atoms with van der Waals surface area (Å²) >= 11 is 3.53. The van der Waals surface area contributed by atoms with Gasteiger partial charge in [0.15, 0.2) is 0 Å². The van der Waals surface area contributed by atoms with Crippen molar-refractivity contribution in [3.8, 4) is 0 Å². The number of hydrogen-bond donors (Lipinski definition) is 1. The predicted molar refractivity (Wildman–Crippen MR) is 210 cm³/mol. The van der Waals surface area contributed by atoms with Crippen molar-refractivity contribution in [2.75, 3.05) is 6.26 Å². The first kappa shape index (κ1) is 47.4. The molecule has 0 saturated heterocycles. The van der Waals surface area contributed by atoms with Gasteiger partial charge in [-0.05, 0) is 99.6 Å². The molecular formula is C42H70S. The normalized spacial score (nSPS) is 10.8. The molecular weight excluding hydrogens is 537 g/mol. The SMILES string of the molecule is C=CC.C=C\C=C(/C(C)=C(C)/C=C(\C)c1ccc(C)cc1C)c1ccc(C)cc1.CC.CC.CCCC(C)CCC.CS. The highest BCUT2D eigenvalue weighted by Gasteiger charge is 2.07. The molecule has 0 bridgehead atoms. The maximum absolute atomic E-state index is 3.90. The summed E-state index contributed by atoms with van der Waals surface area (Å²) in [7, 11) is 0. The van der Waals surface area contributed by atoms with Gasteiger partial charge in [-0.3, -0.25) is 0 Å². The summed E-state index contributed by atoms with van der Waals surface area (Å²) in [5.41, 5.74) is 11.5. The van der Waals surface area contributed by atoms with E-state index in [1.54, 1.807) is 12.3 Å². The van der Waals surface area contributed by atoms with Crippen LogP contribution in [0.25, 0.3) is 11.1 Å². The average Bonchev–Trinajstić information content (AvgIpc) is 3.00. The summed E-state index contributed by atoms with van der Waals surface area (Å²) in [6, 6.07) is 15.3. The zero-order chi connectivity index (χ0) is 34.4. The van der Waals surface area contributed by atoms with Crippen LogP contribution in [0.4, 0.5) is 0 Å². The number of thiol groups is 1. The monoisotopic (exact) mass is 607 g/mol. The van der Waals surface area contributed by atoms with Gasteiger partial charge in [0.1, 0.15) is 0 Å². The van der Waals surface area contributed by atoms with Crippen LogP contribution in [0, 0.1) is 26.7 Å². The molecule has 0 saturated carbocycles. The van der Waals surface area contributed by atoms with Gasteiger partial charge in [0, 0.05) is 0 Å². The lowest BCUT2D eigenvalue weighted by atomic mass is 9.92. The third-order valence-electron chi connectivity index (χ3n) is 6.45. The predicted octanol–water partition coefficient (Wildman–Crippen LogP) is 14.6. The lowest BCUT2D eigenvalue weighted by molar-refractivity contribution is 0.480. The molecule has 0 atom stereocenters. The van der Waals surface area contributed by atoms with Crippen LogP contribution in [0.5, 0.6) is 0 Å². The third-order valence-corrected chi connectivity index (χ3v) is 6.45. The maximum Gasteiger partial charge on any atom is -0.0152 e. The van der Waals surface area contributed by atoms with E-state index in [0.29, 0.717) is 0 Å². The first-order valence-electron chi connectivity index (χ1n) is 16.4. The smallest absolute Gasteiger partial charge is 0.0152 e. The minimum atomic E-state index is 0.963. The topological polar surface area (TPSA) is 0 Å². The van der Waals surface area contributed by atoms with Gasteiger partial charge in [-0.25, -0.2) is 0 Å². The molecule has 0 spiro atoms. The molecule has 0 aliphatic carbocycles. The van der Waals surface area contributed by atoms with Gasteiger partial charge < -0.3 is 0 Å². The van der Waals surface area contributed by atoms with Gasteiger partial charge in [-0.1, -0.05) is 159 Å². The molecule has 2 aromatic carbocycles. The van der Waals surface area contributed by atoms with Gasteiger partial charge >= 0.3 is 0 Å². The molecule has 43 heavy (non-hydrogen) atoms. The number of hydrogen-bond acceptors (Lipinski definition) is 1. The van der Waals surface area contributed by atoms with Crippen LogP contribution in [0.3, 0.4) is 0 Å². The largest absolute Gasteiger partial charge is 0.183 e. The Morgan fingerprint density at radius 2 is 1.23 bits per heavy atom. The molecule has 0 N–H and O–H groups in total. The Kier molecular flexibility index (Phi) is 35.7. The Bertz CT molecular complexity index is 1040. The van der Waals surface area contributed by atoms with E-state index in [-0.39, 0.29) is 0 Å². The summed E-state index contributed by atoms with van der Waals surface area (Å²) in [5.74, 6) is 0.963. The highest BCUT2D eigenvalue weighted by Crippen LogP contribution is 2.28. The van der Waals surface area contributed by atoms with Gasteiger partial charge in [0.2, 0.25) is 0 Å². The second kappa shape index (κ2) is 32.4. The number of aryl methyl sites for hydroxylation is 3. The number of benzene rings is 2. The molecule has 0 aliphatic rings. The summed E-state index contributed by atoms with van der Waals surface area (Å²) in [6.45, 7) is 37.0. The molecule has 1 heteroatoms. The van der Waals surface area contributed by atoms with Gasteiger partial charge in [0.25, 0.3) is 0 Å². The molecule has 0 radical (unpaired) electrons. The van der Waals surface area contributed by atoms with Crippen LogP contribution in [-0.2, 0) is 0 Å². The Morgan fingerprint density at radius 1 is 0.791 bits per heavy atom. The lowest BCUT2D eigenvalue weighted by Crippen LogP contribution is -1.92. The Morgan fingerprint density at radius 3 is 1.63 bits per heavy atom. The van der Waals surface area contributed by atoms with Gasteiger partial charge in [-0.2, -0.15) is 12.6 Å². The standard InChI is InChI=1S/C26H30.C8H18.C3H6.2C2H6.CH4S/c1-8-9-26(24-13-10-18(2)11-14-24)23(7)20(4)17-22(6)25-15-12-19(3)16-21(25)5;1-4-6-8(3)7-5-2;1-3-2;3*1-2/h8-17H,1H2,2-7H3;8H,4-7H2,1-3H3;3H,1H2,2H3;2*1-2H3;2H,1H3/b22-17+,23-20+,26-9+;;;;;. The van der Waals surface area contributed by atoms with E-state index in [1.807, 2.05) is 40.7 Å². The van der Waals surface area contributed by atoms with Crippen molar-refractivity contribution in [3.05, 3.63) is 119 Å². The zero-order valence-electron chi connectivity index (χ0n) is 31.1. The van der Waals surface area contributed by atoms with E-state index in [0.717, 1.165) is 5.92 Å². The fourth-order valence-corrected chi connectivity index (χ4v) is 4.40. The van der Waals surface area contributed by atoms with Crippen molar-refractivity contribution in [2.45, 2.75) is 123 Å². The van der Waals surface area contributed by atoms with E-state index >= 15 is 0 Å². The van der Waals surface area contributed by atoms with E-state index in [9.17, 15) is 0 Å². The second-order valence-corrected chi connectivity index (χ2v) is 10.2. The zero-order valence-corrected chi connectivity index (χ0v) is 32.0. The molecule has 0 heterocycles. The average molecular weight is 607 g/mol. The summed E-state index contributed by atoms with van der Waals surface area (Å²) in [5, 5.41) is 0. The van der Waals surface area contributed by atoms with E-state index < -0.39 is 0 Å². The highest BCUT2D eigenvalue weighted by molar-refractivity contribution is 7.79. The molecule has 0 unspecified atom stereocenters. The number of allylic oxidation sites excluding steroid dienone is 8. The van der Waals surface area contributed by atoms with Crippen LogP contribution in [-0.4, -0.2) is 6.26 Å². The summed E-state index contributed by atoms with van der Waals surface area (Å²) < 4.78 is 0. The van der Waals surface area contributed by atoms with Crippen LogP contribution in [0.1, 0.15) is 130 Å². The lowest BCUT2D eigenvalue weighted by Gasteiger charge is -2.13. The van der Waals surface area contributed by atoms with Gasteiger partial charge in [0.05, 0.1) is 0 Å². The van der Waals surface area contributed by atoms with Crippen LogP contribution >= 0.6 is 12.6 Å². The number of rotatable bonds is 9. The summed E-state index contributed by atoms with van der Waals surface area (Å²) in [4.78, 5) is 0. The minimum absolute atomic E-state index is 0.963. The van der Waals surface area contributed by atoms with E-state index in [1.165, 1.54) is 75.8 Å². The van der Waals surface area contributed by atoms with Gasteiger partial charge in [-0.15, -0.1) is 6.58 Å². The minimum Gasteiger partial charge on any atom is -0.183 e. The third kappa shape index (κ3) is 22.7. The molecule has 0 fully saturated rings. The second-order valence-electron chi connectivity index (χ2n) is 10.2. The van der Waals surface area contributed by atoms with E-state index in [2.05, 4.69) is 143 Å². The molecule has 0 aliphatic heterocycles. The first-order chi connectivity index (χ1) is 20.6. The maximum atomic E-state index is 3.90. The van der Waals surface area contributed by atoms with Crippen molar-refractivity contribution >= 4 is 23.8 Å². The highest BCUT2D eigenvalue weighted by atomic mass is 32.1. The van der Waals surface area contributed by atoms with E-state index in [4.69, 9.17) is 0 Å². The molecule has 2 aromatic rings. The van der Waals surface area contributed by atoms with Crippen LogP contribution in [0.15, 0.2) is 91.1 Å². The Labute approximate surface area is 276 Å². The fraction of sp³-hybridized carbons (Fsp3) is 0.476. The van der Waals surface area contributed by atoms with Crippen molar-refractivity contribution < 1.29 is 0 Å². The quantitative estimate of drug-likeness (QED) is 0.164. The molecule has 0 nitrogen and oxygen atoms in total. The van der Waals surface area contributed by atoms with Crippen molar-refractivity contribution in [2.24, 2.45) is 5.92 Å². The van der Waals surface area contributed by atoms with Crippen LogP contribution in [0.2, 0.25) is 0 Å². The van der Waals surface area contributed by atoms with Crippen molar-refractivity contribution in [1.29, 1.82) is 0 Å². The fourth-order valence-electron chi connectivity index (χ4n) is 4.40. The Balaban J connectivity index is -0.000000373. The van der Waals surface area contributed by atoms with Crippen molar-refractivity contribution in [1.82, 2.24) is 0 Å². The van der Waals surface area contributed by atoms with Crippen molar-refractivity contribution in [3.63, 3.8) is 0 Å². The van der Waals surface area contributed by atoms with Crippen LogP contribution < -0.4 is 0 Å².